The van der Waals surface area contributed by atoms with Crippen molar-refractivity contribution in [1.29, 1.82) is 0 Å². The Kier molecular flexibility index (Phi) is 6.33. The molecule has 0 atom stereocenters. The largest absolute Gasteiger partial charge is 0.493 e. The van der Waals surface area contributed by atoms with Crippen LogP contribution in [0.1, 0.15) is 12.5 Å². The van der Waals surface area contributed by atoms with E-state index in [4.69, 9.17) is 14.2 Å². The van der Waals surface area contributed by atoms with Crippen molar-refractivity contribution in [1.82, 2.24) is 21.4 Å². The van der Waals surface area contributed by atoms with Gasteiger partial charge in [0.25, 0.3) is 0 Å². The van der Waals surface area contributed by atoms with E-state index in [1.807, 2.05) is 0 Å². The molecule has 0 saturated carbocycles. The van der Waals surface area contributed by atoms with Gasteiger partial charge in [0, 0.05) is 11.8 Å². The minimum atomic E-state index is -0.702. The zero-order valence-corrected chi connectivity index (χ0v) is 14.8. The Labute approximate surface area is 149 Å². The first kappa shape index (κ1) is 19.0. The maximum absolute atomic E-state index is 11.8. The average Bonchev–Trinajstić information content (AvgIpc) is 2.65. The van der Waals surface area contributed by atoms with Gasteiger partial charge in [-0.2, -0.15) is 5.10 Å². The van der Waals surface area contributed by atoms with Crippen LogP contribution >= 0.6 is 0 Å². The molecule has 4 amide bonds. The number of hydrazone groups is 1. The first-order valence-corrected chi connectivity index (χ1v) is 7.48. The quantitative estimate of drug-likeness (QED) is 0.503. The van der Waals surface area contributed by atoms with Crippen LogP contribution in [0.25, 0.3) is 0 Å². The van der Waals surface area contributed by atoms with Gasteiger partial charge >= 0.3 is 12.1 Å². The molecule has 0 fully saturated rings. The second kappa shape index (κ2) is 8.67. The van der Waals surface area contributed by atoms with Gasteiger partial charge in [-0.25, -0.2) is 25.0 Å². The minimum absolute atomic E-state index is 0.225. The van der Waals surface area contributed by atoms with Crippen LogP contribution in [-0.2, 0) is 0 Å². The molecular formula is C15H20N6O5. The van der Waals surface area contributed by atoms with Gasteiger partial charge in [-0.15, -0.1) is 5.53 Å². The fraction of sp³-hybridized carbons (Fsp3) is 0.333. The van der Waals surface area contributed by atoms with Crippen LogP contribution in [0, 0.1) is 0 Å². The van der Waals surface area contributed by atoms with E-state index in [2.05, 4.69) is 26.5 Å². The van der Waals surface area contributed by atoms with Gasteiger partial charge in [-0.05, 0) is 19.1 Å². The average molecular weight is 364 g/mol. The Hall–Kier alpha value is -3.34. The molecule has 0 bridgehead atoms. The van der Waals surface area contributed by atoms with Crippen LogP contribution < -0.4 is 30.6 Å². The molecule has 1 heterocycles. The lowest BCUT2D eigenvalue weighted by Crippen LogP contribution is -2.57. The summed E-state index contributed by atoms with van der Waals surface area (Å²) < 4.78 is 15.7. The standard InChI is InChI=1S/C15H20N6O5/c1-9-8-21(15(23)19-17-9)20-18-14(22)16-7-10-5-11(24-2)13(26-4)12(6-10)25-3/h5-7,20H,8H2,1-4H3,(H,18,22)(H,19,23)/b16-7+. The number of rotatable bonds is 6. The third-order valence-corrected chi connectivity index (χ3v) is 3.29. The monoisotopic (exact) mass is 364 g/mol. The van der Waals surface area contributed by atoms with Crippen molar-refractivity contribution >= 4 is 24.0 Å². The number of hydrogen-bond acceptors (Lipinski definition) is 7. The number of carbonyl (C=O) groups is 2. The molecule has 1 aromatic rings. The number of amides is 4. The molecule has 1 aromatic carbocycles. The van der Waals surface area contributed by atoms with E-state index >= 15 is 0 Å². The summed E-state index contributed by atoms with van der Waals surface area (Å²) in [5.41, 5.74) is 8.27. The zero-order chi connectivity index (χ0) is 19.1. The molecule has 11 nitrogen and oxygen atoms in total. The van der Waals surface area contributed by atoms with E-state index in [1.54, 1.807) is 19.1 Å². The van der Waals surface area contributed by atoms with Crippen molar-refractivity contribution < 1.29 is 23.8 Å². The number of hydrogen-bond donors (Lipinski definition) is 3. The number of benzene rings is 1. The van der Waals surface area contributed by atoms with Crippen molar-refractivity contribution in [3.8, 4) is 17.2 Å². The molecular weight excluding hydrogens is 344 g/mol. The van der Waals surface area contributed by atoms with Crippen molar-refractivity contribution in [2.75, 3.05) is 27.9 Å². The summed E-state index contributed by atoms with van der Waals surface area (Å²) in [6.07, 6.45) is 1.32. The fourth-order valence-corrected chi connectivity index (χ4v) is 2.09. The first-order chi connectivity index (χ1) is 12.5. The molecule has 1 aliphatic rings. The van der Waals surface area contributed by atoms with Crippen molar-refractivity contribution in [2.45, 2.75) is 6.92 Å². The molecule has 0 spiro atoms. The van der Waals surface area contributed by atoms with Crippen LogP contribution in [0.4, 0.5) is 9.59 Å². The summed E-state index contributed by atoms with van der Waals surface area (Å²) in [5, 5.41) is 4.92. The van der Waals surface area contributed by atoms with Crippen molar-refractivity contribution in [2.24, 2.45) is 10.1 Å². The van der Waals surface area contributed by atoms with Gasteiger partial charge < -0.3 is 14.2 Å². The summed E-state index contributed by atoms with van der Waals surface area (Å²) in [4.78, 5) is 27.1. The van der Waals surface area contributed by atoms with E-state index in [-0.39, 0.29) is 6.54 Å². The number of ether oxygens (including phenoxy) is 3. The molecule has 1 aliphatic heterocycles. The van der Waals surface area contributed by atoms with E-state index < -0.39 is 12.1 Å². The van der Waals surface area contributed by atoms with Crippen LogP contribution in [0.5, 0.6) is 17.2 Å². The van der Waals surface area contributed by atoms with Crippen LogP contribution in [0.15, 0.2) is 22.2 Å². The smallest absolute Gasteiger partial charge is 0.356 e. The van der Waals surface area contributed by atoms with Crippen LogP contribution in [0.3, 0.4) is 0 Å². The highest BCUT2D eigenvalue weighted by molar-refractivity contribution is 5.93. The second-order valence-electron chi connectivity index (χ2n) is 5.11. The Bertz CT molecular complexity index is 723. The lowest BCUT2D eigenvalue weighted by atomic mass is 10.2. The topological polar surface area (TPSA) is 126 Å². The highest BCUT2D eigenvalue weighted by atomic mass is 16.5. The lowest BCUT2D eigenvalue weighted by molar-refractivity contribution is 0.163. The van der Waals surface area contributed by atoms with Gasteiger partial charge in [-0.3, -0.25) is 5.43 Å². The van der Waals surface area contributed by atoms with Crippen LogP contribution in [-0.4, -0.2) is 56.9 Å². The SMILES string of the molecule is COc1cc(/C=N/C(=O)NNN2CC(C)=NNC2=O)cc(OC)c1OC. The molecule has 0 aromatic heterocycles. The number of methoxy groups -OCH3 is 3. The number of nitrogens with zero attached hydrogens (tertiary/aromatic N) is 3. The number of urea groups is 2. The third kappa shape index (κ3) is 4.60. The van der Waals surface area contributed by atoms with E-state index in [0.29, 0.717) is 28.5 Å². The Morgan fingerprint density at radius 2 is 1.92 bits per heavy atom. The third-order valence-electron chi connectivity index (χ3n) is 3.29. The number of nitrogens with one attached hydrogen (secondary N) is 3. The maximum atomic E-state index is 11.8. The summed E-state index contributed by atoms with van der Waals surface area (Å²) in [6, 6.07) is 2.09. The summed E-state index contributed by atoms with van der Waals surface area (Å²) in [5.74, 6) is 1.31. The molecule has 140 valence electrons. The van der Waals surface area contributed by atoms with Crippen molar-refractivity contribution in [3.63, 3.8) is 0 Å². The molecule has 3 N–H and O–H groups in total. The fourth-order valence-electron chi connectivity index (χ4n) is 2.09. The Morgan fingerprint density at radius 3 is 2.50 bits per heavy atom. The zero-order valence-electron chi connectivity index (χ0n) is 14.8. The predicted molar refractivity (Wildman–Crippen MR) is 93.7 cm³/mol. The second-order valence-corrected chi connectivity index (χ2v) is 5.11. The molecule has 26 heavy (non-hydrogen) atoms. The Balaban J connectivity index is 2.01. The molecule has 0 saturated heterocycles. The normalized spacial score (nSPS) is 13.9. The summed E-state index contributed by atoms with van der Waals surface area (Å²) in [6.45, 7) is 1.96. The molecule has 11 heteroatoms. The van der Waals surface area contributed by atoms with Gasteiger partial charge in [0.05, 0.1) is 33.6 Å². The highest BCUT2D eigenvalue weighted by Gasteiger charge is 2.18. The predicted octanol–water partition coefficient (Wildman–Crippen LogP) is 0.662. The number of hydrazine groups is 2. The van der Waals surface area contributed by atoms with Gasteiger partial charge in [0.15, 0.2) is 11.5 Å². The number of carbonyl (C=O) groups excluding carboxylic acids is 2. The van der Waals surface area contributed by atoms with E-state index in [9.17, 15) is 9.59 Å². The highest BCUT2D eigenvalue weighted by Crippen LogP contribution is 2.37. The minimum Gasteiger partial charge on any atom is -0.493 e. The lowest BCUT2D eigenvalue weighted by Gasteiger charge is -2.25. The van der Waals surface area contributed by atoms with E-state index in [0.717, 1.165) is 5.01 Å². The molecule has 0 aliphatic carbocycles. The van der Waals surface area contributed by atoms with Gasteiger partial charge in [0.2, 0.25) is 5.75 Å². The summed E-state index contributed by atoms with van der Waals surface area (Å²) in [7, 11) is 4.48. The maximum Gasteiger partial charge on any atom is 0.356 e. The van der Waals surface area contributed by atoms with Crippen LogP contribution in [0.2, 0.25) is 0 Å². The number of aliphatic imine (C=N–C) groups is 1. The van der Waals surface area contributed by atoms with E-state index in [1.165, 1.54) is 27.5 Å². The Morgan fingerprint density at radius 1 is 1.27 bits per heavy atom. The summed E-state index contributed by atoms with van der Waals surface area (Å²) >= 11 is 0. The first-order valence-electron chi connectivity index (χ1n) is 7.48. The molecule has 0 radical (unpaired) electrons. The van der Waals surface area contributed by atoms with Crippen molar-refractivity contribution in [3.05, 3.63) is 17.7 Å². The van der Waals surface area contributed by atoms with Gasteiger partial charge in [0.1, 0.15) is 0 Å². The molecule has 0 unspecified atom stereocenters. The molecule has 2 rings (SSSR count). The van der Waals surface area contributed by atoms with Gasteiger partial charge in [-0.1, -0.05) is 0 Å².